The second-order valence-corrected chi connectivity index (χ2v) is 8.75. The van der Waals surface area contributed by atoms with Crippen molar-refractivity contribution in [1.29, 1.82) is 10.8 Å². The Bertz CT molecular complexity index is 859. The van der Waals surface area contributed by atoms with E-state index < -0.39 is 29.4 Å². The summed E-state index contributed by atoms with van der Waals surface area (Å²) < 4.78 is 15.0. The van der Waals surface area contributed by atoms with Gasteiger partial charge in [0.2, 0.25) is 5.91 Å². The Morgan fingerprint density at radius 1 is 1.12 bits per heavy atom. The summed E-state index contributed by atoms with van der Waals surface area (Å²) in [5.74, 6) is -1.96. The molecule has 34 heavy (non-hydrogen) atoms. The van der Waals surface area contributed by atoms with Crippen LogP contribution in [0.2, 0.25) is 0 Å². The molecule has 1 aromatic carbocycles. The minimum absolute atomic E-state index is 0.0738. The molecule has 0 spiro atoms. The maximum atomic E-state index is 12.6. The number of nitrogens with one attached hydrogen (secondary N) is 3. The molecule has 0 aromatic heterocycles. The van der Waals surface area contributed by atoms with E-state index in [0.717, 1.165) is 17.3 Å². The van der Waals surface area contributed by atoms with Gasteiger partial charge >= 0.3 is 11.9 Å². The van der Waals surface area contributed by atoms with Crippen LogP contribution in [0.25, 0.3) is 0 Å². The third-order valence-electron chi connectivity index (χ3n) is 4.47. The highest BCUT2D eigenvalue weighted by Crippen LogP contribution is 2.13. The lowest BCUT2D eigenvalue weighted by Crippen LogP contribution is -2.58. The molecule has 0 saturated carbocycles. The van der Waals surface area contributed by atoms with Crippen molar-refractivity contribution in [2.45, 2.75) is 38.5 Å². The number of benzene rings is 1. The van der Waals surface area contributed by atoms with Gasteiger partial charge in [-0.2, -0.15) is 0 Å². The van der Waals surface area contributed by atoms with Crippen molar-refractivity contribution in [3.8, 4) is 0 Å². The molecule has 188 valence electrons. The Morgan fingerprint density at radius 3 is 2.29 bits per heavy atom. The fourth-order valence-electron chi connectivity index (χ4n) is 2.49. The predicted octanol–water partition coefficient (Wildman–Crippen LogP) is 1.11. The maximum Gasteiger partial charge on any atom is 0.316 e. The third kappa shape index (κ3) is 10.3. The number of methoxy groups -OCH3 is 2. The lowest BCUT2D eigenvalue weighted by molar-refractivity contribution is -0.140. The molecule has 0 aliphatic heterocycles. The molecular weight excluding hydrogens is 462 g/mol. The summed E-state index contributed by atoms with van der Waals surface area (Å²) in [6.45, 7) is 3.13. The van der Waals surface area contributed by atoms with Crippen LogP contribution in [0.1, 0.15) is 25.8 Å². The molecule has 1 aromatic rings. The number of carbonyl (C=O) groups excluding carboxylic acids is 3. The molecule has 0 aliphatic carbocycles. The molecule has 0 aliphatic rings. The molecule has 0 unspecified atom stereocenters. The Hall–Kier alpha value is -2.96. The largest absolute Gasteiger partial charge is 0.469 e. The SMILES string of the molecule is COC(=O)CCN(C(=N)SCC(=O)OC)C(=N)[C@@H](COCc1ccccc1)NC(=O)C(C)(C)N. The number of amides is 1. The van der Waals surface area contributed by atoms with Crippen LogP contribution in [0.15, 0.2) is 30.3 Å². The van der Waals surface area contributed by atoms with Gasteiger partial charge in [0.25, 0.3) is 0 Å². The van der Waals surface area contributed by atoms with Gasteiger partial charge in [-0.15, -0.1) is 0 Å². The highest BCUT2D eigenvalue weighted by atomic mass is 32.2. The van der Waals surface area contributed by atoms with Gasteiger partial charge in [0.1, 0.15) is 11.9 Å². The molecule has 1 rings (SSSR count). The molecule has 0 heterocycles. The molecule has 0 bridgehead atoms. The van der Waals surface area contributed by atoms with Crippen LogP contribution in [0.4, 0.5) is 0 Å². The van der Waals surface area contributed by atoms with E-state index in [2.05, 4.69) is 14.8 Å². The highest BCUT2D eigenvalue weighted by Gasteiger charge is 2.30. The third-order valence-corrected chi connectivity index (χ3v) is 5.35. The second-order valence-electron chi connectivity index (χ2n) is 7.78. The Labute approximate surface area is 203 Å². The highest BCUT2D eigenvalue weighted by molar-refractivity contribution is 8.14. The number of esters is 2. The average molecular weight is 496 g/mol. The van der Waals surface area contributed by atoms with Gasteiger partial charge in [0, 0.05) is 6.54 Å². The van der Waals surface area contributed by atoms with Gasteiger partial charge in [0.05, 0.1) is 45.1 Å². The van der Waals surface area contributed by atoms with Gasteiger partial charge in [-0.1, -0.05) is 42.1 Å². The summed E-state index contributed by atoms with van der Waals surface area (Å²) in [6.07, 6.45) is -0.117. The maximum absolute atomic E-state index is 12.6. The van der Waals surface area contributed by atoms with Crippen molar-refractivity contribution >= 4 is 40.6 Å². The number of hydrogen-bond donors (Lipinski definition) is 4. The van der Waals surface area contributed by atoms with Gasteiger partial charge in [-0.05, 0) is 19.4 Å². The first-order valence-corrected chi connectivity index (χ1v) is 11.4. The lowest BCUT2D eigenvalue weighted by Gasteiger charge is -2.31. The first kappa shape index (κ1) is 29.1. The van der Waals surface area contributed by atoms with Crippen molar-refractivity contribution in [3.63, 3.8) is 0 Å². The minimum Gasteiger partial charge on any atom is -0.469 e. The monoisotopic (exact) mass is 495 g/mol. The molecule has 1 atom stereocenters. The Morgan fingerprint density at radius 2 is 1.74 bits per heavy atom. The van der Waals surface area contributed by atoms with Crippen LogP contribution in [0, 0.1) is 10.8 Å². The Kier molecular flexibility index (Phi) is 12.3. The Balaban J connectivity index is 3.06. The molecule has 11 nitrogen and oxygen atoms in total. The summed E-state index contributed by atoms with van der Waals surface area (Å²) in [6, 6.07) is 8.39. The van der Waals surface area contributed by atoms with E-state index in [1.807, 2.05) is 30.3 Å². The van der Waals surface area contributed by atoms with Crippen molar-refractivity contribution in [2.75, 3.05) is 33.1 Å². The number of nitrogens with two attached hydrogens (primary N) is 1. The zero-order chi connectivity index (χ0) is 25.7. The van der Waals surface area contributed by atoms with E-state index in [9.17, 15) is 14.4 Å². The van der Waals surface area contributed by atoms with Crippen molar-refractivity contribution in [3.05, 3.63) is 35.9 Å². The fourth-order valence-corrected chi connectivity index (χ4v) is 3.21. The molecule has 5 N–H and O–H groups in total. The van der Waals surface area contributed by atoms with E-state index in [0.29, 0.717) is 0 Å². The molecule has 0 radical (unpaired) electrons. The average Bonchev–Trinajstić information content (AvgIpc) is 2.81. The van der Waals surface area contributed by atoms with Crippen LogP contribution < -0.4 is 11.1 Å². The van der Waals surface area contributed by atoms with Crippen molar-refractivity contribution < 1.29 is 28.6 Å². The van der Waals surface area contributed by atoms with Crippen molar-refractivity contribution in [1.82, 2.24) is 10.2 Å². The van der Waals surface area contributed by atoms with E-state index in [4.69, 9.17) is 21.3 Å². The number of rotatable bonds is 12. The molecule has 0 saturated heterocycles. The van der Waals surface area contributed by atoms with E-state index in [1.54, 1.807) is 0 Å². The van der Waals surface area contributed by atoms with Crippen molar-refractivity contribution in [2.24, 2.45) is 5.73 Å². The second kappa shape index (κ2) is 14.3. The van der Waals surface area contributed by atoms with E-state index >= 15 is 0 Å². The summed E-state index contributed by atoms with van der Waals surface area (Å²) in [5.41, 5.74) is 5.58. The van der Waals surface area contributed by atoms with Crippen LogP contribution in [-0.4, -0.2) is 78.5 Å². The smallest absolute Gasteiger partial charge is 0.316 e. The minimum atomic E-state index is -1.22. The number of amidine groups is 2. The molecule has 1 amide bonds. The summed E-state index contributed by atoms with van der Waals surface area (Å²) in [4.78, 5) is 37.0. The predicted molar refractivity (Wildman–Crippen MR) is 130 cm³/mol. The molecule has 0 fully saturated rings. The van der Waals surface area contributed by atoms with Crippen LogP contribution in [0.5, 0.6) is 0 Å². The molecule has 12 heteroatoms. The van der Waals surface area contributed by atoms with Gasteiger partial charge < -0.3 is 30.2 Å². The number of thioether (sulfide) groups is 1. The van der Waals surface area contributed by atoms with Gasteiger partial charge in [0.15, 0.2) is 5.17 Å². The standard InChI is InChI=1S/C22H33N5O6S/c1-22(2,25)20(30)26-16(13-33-12-15-8-6-5-7-9-15)19(23)27(11-10-17(28)31-3)21(24)34-14-18(29)32-4/h5-9,16,23-24H,10-14,25H2,1-4H3,(H,26,30)/t16-/m1/s1. The number of hydrogen-bond acceptors (Lipinski definition) is 10. The van der Waals surface area contributed by atoms with Crippen LogP contribution in [-0.2, 0) is 35.2 Å². The quantitative estimate of drug-likeness (QED) is 0.188. The number of nitrogens with zero attached hydrogens (tertiary/aromatic N) is 1. The van der Waals surface area contributed by atoms with Crippen LogP contribution in [0.3, 0.4) is 0 Å². The van der Waals surface area contributed by atoms with E-state index in [-0.39, 0.29) is 42.9 Å². The zero-order valence-corrected chi connectivity index (χ0v) is 20.7. The van der Waals surface area contributed by atoms with Gasteiger partial charge in [-0.3, -0.25) is 25.2 Å². The number of ether oxygens (including phenoxy) is 3. The summed E-state index contributed by atoms with van der Waals surface area (Å²) in [7, 11) is 2.47. The summed E-state index contributed by atoms with van der Waals surface area (Å²) >= 11 is 0.831. The molecular formula is C22H33N5O6S. The lowest BCUT2D eigenvalue weighted by atomic mass is 10.1. The first-order chi connectivity index (χ1) is 16.0. The first-order valence-electron chi connectivity index (χ1n) is 10.4. The fraction of sp³-hybridized carbons (Fsp3) is 0.500. The zero-order valence-electron chi connectivity index (χ0n) is 19.9. The summed E-state index contributed by atoms with van der Waals surface area (Å²) in [5, 5.41) is 19.6. The number of carbonyl (C=O) groups is 3. The van der Waals surface area contributed by atoms with Gasteiger partial charge in [-0.25, -0.2) is 0 Å². The normalized spacial score (nSPS) is 11.8. The topological polar surface area (TPSA) is 168 Å². The van der Waals surface area contributed by atoms with E-state index in [1.165, 1.54) is 33.0 Å². The van der Waals surface area contributed by atoms with Crippen LogP contribution >= 0.6 is 11.8 Å².